The predicted octanol–water partition coefficient (Wildman–Crippen LogP) is 7.65. The lowest BCUT2D eigenvalue weighted by molar-refractivity contribution is 0.104. The second kappa shape index (κ2) is 7.54. The minimum absolute atomic E-state index is 0.0989. The topological polar surface area (TPSA) is 17.1 Å². The van der Waals surface area contributed by atoms with Gasteiger partial charge in [0.1, 0.15) is 0 Å². The molecule has 0 fully saturated rings. The monoisotopic (exact) mass is 396 g/mol. The van der Waals surface area contributed by atoms with Crippen LogP contribution in [0.15, 0.2) is 60.7 Å². The van der Waals surface area contributed by atoms with Crippen LogP contribution in [-0.2, 0) is 17.3 Å². The smallest absolute Gasteiger partial charge is 0.186 e. The summed E-state index contributed by atoms with van der Waals surface area (Å²) in [5.41, 5.74) is 6.13. The number of rotatable bonds is 4. The van der Waals surface area contributed by atoms with Crippen LogP contribution >= 0.6 is 0 Å². The molecule has 0 bridgehead atoms. The number of carbonyl (C=O) groups is 1. The number of hydrogen-bond acceptors (Lipinski definition) is 1. The molecule has 0 saturated heterocycles. The standard InChI is InChI=1S/C29H32O/c1-6-20-18-25-26(29(4,5)17-16-28(25,2)3)19-24(20)27(30)15-14-22-12-9-11-21-10-7-8-13-23(21)22/h7-15,18-19H,6,16-17H2,1-5H3/b15-14-. The lowest BCUT2D eigenvalue weighted by Gasteiger charge is -2.42. The second-order valence-corrected chi connectivity index (χ2v) is 9.94. The Bertz CT molecular complexity index is 1140. The van der Waals surface area contributed by atoms with Crippen LogP contribution < -0.4 is 0 Å². The Morgan fingerprint density at radius 1 is 0.900 bits per heavy atom. The van der Waals surface area contributed by atoms with Crippen molar-refractivity contribution in [3.63, 3.8) is 0 Å². The summed E-state index contributed by atoms with van der Waals surface area (Å²) in [6, 6.07) is 19.1. The molecule has 0 spiro atoms. The van der Waals surface area contributed by atoms with Gasteiger partial charge in [0.15, 0.2) is 5.78 Å². The molecular weight excluding hydrogens is 364 g/mol. The summed E-state index contributed by atoms with van der Waals surface area (Å²) in [5, 5.41) is 2.37. The molecule has 154 valence electrons. The van der Waals surface area contributed by atoms with E-state index in [1.165, 1.54) is 28.3 Å². The average Bonchev–Trinajstić information content (AvgIpc) is 2.74. The minimum Gasteiger partial charge on any atom is -0.289 e. The number of ketones is 1. The molecule has 30 heavy (non-hydrogen) atoms. The van der Waals surface area contributed by atoms with Crippen LogP contribution in [0.1, 0.15) is 80.1 Å². The fraction of sp³-hybridized carbons (Fsp3) is 0.345. The Morgan fingerprint density at radius 3 is 2.23 bits per heavy atom. The number of hydrogen-bond donors (Lipinski definition) is 0. The van der Waals surface area contributed by atoms with E-state index >= 15 is 0 Å². The molecular formula is C29H32O. The van der Waals surface area contributed by atoms with Crippen molar-refractivity contribution in [2.45, 2.75) is 64.7 Å². The van der Waals surface area contributed by atoms with Gasteiger partial charge >= 0.3 is 0 Å². The van der Waals surface area contributed by atoms with Gasteiger partial charge in [0.05, 0.1) is 0 Å². The highest BCUT2D eigenvalue weighted by Gasteiger charge is 2.37. The maximum Gasteiger partial charge on any atom is 0.186 e. The fourth-order valence-electron chi connectivity index (χ4n) is 4.83. The fourth-order valence-corrected chi connectivity index (χ4v) is 4.83. The van der Waals surface area contributed by atoms with Crippen molar-refractivity contribution in [1.82, 2.24) is 0 Å². The van der Waals surface area contributed by atoms with Crippen LogP contribution in [-0.4, -0.2) is 5.78 Å². The number of aryl methyl sites for hydroxylation is 1. The van der Waals surface area contributed by atoms with Crippen LogP contribution in [0.2, 0.25) is 0 Å². The molecule has 0 N–H and O–H groups in total. The van der Waals surface area contributed by atoms with Crippen molar-refractivity contribution in [3.8, 4) is 0 Å². The van der Waals surface area contributed by atoms with Crippen molar-refractivity contribution in [2.24, 2.45) is 0 Å². The molecule has 0 heterocycles. The van der Waals surface area contributed by atoms with E-state index < -0.39 is 0 Å². The SMILES string of the molecule is CCc1cc2c(cc1C(=O)/C=C\c1cccc3ccccc13)C(C)(C)CCC2(C)C. The number of benzene rings is 3. The van der Waals surface area contributed by atoms with Gasteiger partial charge in [-0.3, -0.25) is 4.79 Å². The van der Waals surface area contributed by atoms with Gasteiger partial charge in [-0.2, -0.15) is 0 Å². The molecule has 0 amide bonds. The van der Waals surface area contributed by atoms with Crippen LogP contribution in [0.4, 0.5) is 0 Å². The van der Waals surface area contributed by atoms with Crippen LogP contribution in [0, 0.1) is 0 Å². The van der Waals surface area contributed by atoms with Crippen molar-refractivity contribution in [3.05, 3.63) is 88.5 Å². The summed E-state index contributed by atoms with van der Waals surface area (Å²) in [6.07, 6.45) is 6.93. The Morgan fingerprint density at radius 2 is 1.53 bits per heavy atom. The van der Waals surface area contributed by atoms with Gasteiger partial charge in [-0.25, -0.2) is 0 Å². The zero-order valence-corrected chi connectivity index (χ0v) is 18.9. The molecule has 4 rings (SSSR count). The van der Waals surface area contributed by atoms with E-state index in [0.717, 1.165) is 29.5 Å². The van der Waals surface area contributed by atoms with E-state index in [4.69, 9.17) is 0 Å². The lowest BCUT2D eigenvalue weighted by Crippen LogP contribution is -2.34. The summed E-state index contributed by atoms with van der Waals surface area (Å²) in [4.78, 5) is 13.3. The molecule has 0 saturated carbocycles. The summed E-state index contributed by atoms with van der Waals surface area (Å²) >= 11 is 0. The summed E-state index contributed by atoms with van der Waals surface area (Å²) in [5.74, 6) is 0.0989. The quantitative estimate of drug-likeness (QED) is 0.327. The van der Waals surface area contributed by atoms with Crippen LogP contribution in [0.3, 0.4) is 0 Å². The Kier molecular flexibility index (Phi) is 5.18. The van der Waals surface area contributed by atoms with Crippen molar-refractivity contribution in [2.75, 3.05) is 0 Å². The van der Waals surface area contributed by atoms with Crippen LogP contribution in [0.25, 0.3) is 16.8 Å². The van der Waals surface area contributed by atoms with E-state index in [9.17, 15) is 4.79 Å². The normalized spacial score (nSPS) is 17.2. The highest BCUT2D eigenvalue weighted by Crippen LogP contribution is 2.46. The van der Waals surface area contributed by atoms with Gasteiger partial charge in [0, 0.05) is 5.56 Å². The summed E-state index contributed by atoms with van der Waals surface area (Å²) < 4.78 is 0. The minimum atomic E-state index is 0.0989. The number of allylic oxidation sites excluding steroid dienone is 1. The van der Waals surface area contributed by atoms with E-state index in [1.54, 1.807) is 6.08 Å². The van der Waals surface area contributed by atoms with Crippen LogP contribution in [0.5, 0.6) is 0 Å². The highest BCUT2D eigenvalue weighted by atomic mass is 16.1. The van der Waals surface area contributed by atoms with Gasteiger partial charge in [-0.05, 0) is 75.3 Å². The van der Waals surface area contributed by atoms with Crippen molar-refractivity contribution in [1.29, 1.82) is 0 Å². The molecule has 3 aromatic rings. The molecule has 3 aromatic carbocycles. The molecule has 0 aliphatic heterocycles. The van der Waals surface area contributed by atoms with E-state index in [0.29, 0.717) is 0 Å². The van der Waals surface area contributed by atoms with Gasteiger partial charge in [0.25, 0.3) is 0 Å². The van der Waals surface area contributed by atoms with Crippen molar-refractivity contribution < 1.29 is 4.79 Å². The van der Waals surface area contributed by atoms with Gasteiger partial charge in [-0.15, -0.1) is 0 Å². The molecule has 1 nitrogen and oxygen atoms in total. The predicted molar refractivity (Wildman–Crippen MR) is 128 cm³/mol. The van der Waals surface area contributed by atoms with E-state index in [-0.39, 0.29) is 16.6 Å². The molecule has 1 heteroatoms. The Labute approximate surface area is 180 Å². The first-order valence-corrected chi connectivity index (χ1v) is 11.1. The van der Waals surface area contributed by atoms with Gasteiger partial charge < -0.3 is 0 Å². The largest absolute Gasteiger partial charge is 0.289 e. The number of carbonyl (C=O) groups excluding carboxylic acids is 1. The summed E-state index contributed by atoms with van der Waals surface area (Å²) in [6.45, 7) is 11.4. The van der Waals surface area contributed by atoms with E-state index in [2.05, 4.69) is 71.0 Å². The first-order chi connectivity index (χ1) is 14.2. The molecule has 1 aliphatic rings. The van der Waals surface area contributed by atoms with E-state index in [1.807, 2.05) is 24.3 Å². The maximum atomic E-state index is 13.3. The van der Waals surface area contributed by atoms with Crippen molar-refractivity contribution >= 4 is 22.6 Å². The van der Waals surface area contributed by atoms with Gasteiger partial charge in [0.2, 0.25) is 0 Å². The average molecular weight is 397 g/mol. The third-order valence-electron chi connectivity index (χ3n) is 6.96. The van der Waals surface area contributed by atoms with Gasteiger partial charge in [-0.1, -0.05) is 89.2 Å². The molecule has 0 atom stereocenters. The third kappa shape index (κ3) is 3.62. The highest BCUT2D eigenvalue weighted by molar-refractivity contribution is 6.09. The molecule has 0 aromatic heterocycles. The first-order valence-electron chi connectivity index (χ1n) is 11.1. The number of fused-ring (bicyclic) bond motifs is 2. The third-order valence-corrected chi connectivity index (χ3v) is 6.96. The second-order valence-electron chi connectivity index (χ2n) is 9.94. The first kappa shape index (κ1) is 20.6. The Hall–Kier alpha value is -2.67. The maximum absolute atomic E-state index is 13.3. The zero-order chi connectivity index (χ0) is 21.5. The molecule has 1 aliphatic carbocycles. The lowest BCUT2D eigenvalue weighted by atomic mass is 9.62. The zero-order valence-electron chi connectivity index (χ0n) is 18.9. The molecule has 0 radical (unpaired) electrons. The summed E-state index contributed by atoms with van der Waals surface area (Å²) in [7, 11) is 0. The molecule has 0 unspecified atom stereocenters. The Balaban J connectivity index is 1.76.